The van der Waals surface area contributed by atoms with Crippen LogP contribution in [0.15, 0.2) is 42.5 Å². The fourth-order valence-corrected chi connectivity index (χ4v) is 3.35. The Balaban J connectivity index is 1.57. The van der Waals surface area contributed by atoms with Crippen LogP contribution in [0.25, 0.3) is 0 Å². The van der Waals surface area contributed by atoms with E-state index in [0.29, 0.717) is 16.4 Å². The zero-order valence-electron chi connectivity index (χ0n) is 15.1. The molecule has 1 saturated heterocycles. The van der Waals surface area contributed by atoms with E-state index >= 15 is 0 Å². The third kappa shape index (κ3) is 4.46. The molecule has 0 spiro atoms. The maximum absolute atomic E-state index is 12.3. The van der Waals surface area contributed by atoms with Gasteiger partial charge in [0.15, 0.2) is 6.61 Å². The monoisotopic (exact) mass is 420 g/mol. The maximum Gasteiger partial charge on any atom is 0.311 e. The summed E-state index contributed by atoms with van der Waals surface area (Å²) in [4.78, 5) is 38.0. The number of aryl methyl sites for hydroxylation is 1. The number of nitrogens with zero attached hydrogens (tertiary/aromatic N) is 1. The van der Waals surface area contributed by atoms with Crippen molar-refractivity contribution in [3.63, 3.8) is 0 Å². The number of nitrogens with one attached hydrogen (secondary N) is 1. The second kappa shape index (κ2) is 8.63. The zero-order valence-corrected chi connectivity index (χ0v) is 16.6. The summed E-state index contributed by atoms with van der Waals surface area (Å²) in [7, 11) is 0. The lowest BCUT2D eigenvalue weighted by Gasteiger charge is -2.18. The Bertz CT molecular complexity index is 932. The van der Waals surface area contributed by atoms with Crippen LogP contribution in [0.4, 0.5) is 11.4 Å². The summed E-state index contributed by atoms with van der Waals surface area (Å²) in [6.07, 6.45) is -0.0128. The average Bonchev–Trinajstić information content (AvgIpc) is 3.05. The Morgan fingerprint density at radius 1 is 1.18 bits per heavy atom. The zero-order chi connectivity index (χ0) is 20.3. The highest BCUT2D eigenvalue weighted by Crippen LogP contribution is 2.35. The minimum Gasteiger partial charge on any atom is -0.455 e. The van der Waals surface area contributed by atoms with Crippen molar-refractivity contribution in [2.24, 2.45) is 5.92 Å². The normalized spacial score (nSPS) is 16.2. The van der Waals surface area contributed by atoms with Crippen LogP contribution in [0.1, 0.15) is 12.0 Å². The Morgan fingerprint density at radius 3 is 2.68 bits per heavy atom. The number of rotatable bonds is 5. The largest absolute Gasteiger partial charge is 0.455 e. The lowest BCUT2D eigenvalue weighted by molar-refractivity contribution is -0.151. The quantitative estimate of drug-likeness (QED) is 0.745. The SMILES string of the molecule is Cc1ccccc1NC(=O)COC(=O)[C@@H]1CC(=O)N(c2cccc(Cl)c2Cl)C1. The van der Waals surface area contributed by atoms with Gasteiger partial charge in [-0.15, -0.1) is 0 Å². The van der Waals surface area contributed by atoms with E-state index in [9.17, 15) is 14.4 Å². The number of ether oxygens (including phenoxy) is 1. The molecule has 2 aromatic rings. The molecule has 0 aliphatic carbocycles. The van der Waals surface area contributed by atoms with Crippen molar-refractivity contribution in [1.82, 2.24) is 0 Å². The predicted octanol–water partition coefficient (Wildman–Crippen LogP) is 3.84. The van der Waals surface area contributed by atoms with E-state index in [2.05, 4.69) is 5.32 Å². The van der Waals surface area contributed by atoms with Gasteiger partial charge in [-0.1, -0.05) is 47.5 Å². The summed E-state index contributed by atoms with van der Waals surface area (Å²) < 4.78 is 5.10. The molecular formula is C20H18Cl2N2O4. The van der Waals surface area contributed by atoms with Gasteiger partial charge >= 0.3 is 5.97 Å². The van der Waals surface area contributed by atoms with E-state index in [1.807, 2.05) is 19.1 Å². The summed E-state index contributed by atoms with van der Waals surface area (Å²) in [5, 5.41) is 3.27. The van der Waals surface area contributed by atoms with E-state index in [1.165, 1.54) is 4.90 Å². The first kappa shape index (κ1) is 20.2. The molecule has 28 heavy (non-hydrogen) atoms. The number of esters is 1. The molecule has 8 heteroatoms. The van der Waals surface area contributed by atoms with E-state index in [4.69, 9.17) is 27.9 Å². The first-order valence-electron chi connectivity index (χ1n) is 8.63. The number of amides is 2. The molecule has 0 unspecified atom stereocenters. The number of anilines is 2. The summed E-state index contributed by atoms with van der Waals surface area (Å²) in [6, 6.07) is 12.2. The second-order valence-corrected chi connectivity index (χ2v) is 7.23. The molecule has 1 aliphatic heterocycles. The van der Waals surface area contributed by atoms with Crippen LogP contribution in [0.2, 0.25) is 10.0 Å². The lowest BCUT2D eigenvalue weighted by Crippen LogP contribution is -2.28. The van der Waals surface area contributed by atoms with Crippen LogP contribution in [-0.2, 0) is 19.1 Å². The van der Waals surface area contributed by atoms with Crippen molar-refractivity contribution in [1.29, 1.82) is 0 Å². The molecule has 6 nitrogen and oxygen atoms in total. The van der Waals surface area contributed by atoms with Gasteiger partial charge in [0.25, 0.3) is 5.91 Å². The van der Waals surface area contributed by atoms with Gasteiger partial charge in [0.1, 0.15) is 0 Å². The highest BCUT2D eigenvalue weighted by molar-refractivity contribution is 6.44. The third-order valence-corrected chi connectivity index (χ3v) is 5.25. The molecule has 1 heterocycles. The average molecular weight is 421 g/mol. The van der Waals surface area contributed by atoms with Crippen LogP contribution in [0.3, 0.4) is 0 Å². The number of carbonyl (C=O) groups is 3. The molecule has 146 valence electrons. The van der Waals surface area contributed by atoms with Crippen molar-refractivity contribution in [3.05, 3.63) is 58.1 Å². The number of benzene rings is 2. The molecule has 2 aromatic carbocycles. The summed E-state index contributed by atoms with van der Waals surface area (Å²) in [6.45, 7) is 1.56. The fraction of sp³-hybridized carbons (Fsp3) is 0.250. The van der Waals surface area contributed by atoms with Gasteiger partial charge in [0.2, 0.25) is 5.91 Å². The van der Waals surface area contributed by atoms with Gasteiger partial charge < -0.3 is 15.0 Å². The van der Waals surface area contributed by atoms with Crippen molar-refractivity contribution >= 4 is 52.4 Å². The number of hydrogen-bond donors (Lipinski definition) is 1. The molecule has 1 atom stereocenters. The van der Waals surface area contributed by atoms with E-state index in [0.717, 1.165) is 5.56 Å². The Morgan fingerprint density at radius 2 is 1.93 bits per heavy atom. The number of para-hydroxylation sites is 1. The first-order chi connectivity index (χ1) is 13.4. The fourth-order valence-electron chi connectivity index (χ4n) is 2.95. The molecule has 0 radical (unpaired) electrons. The minimum atomic E-state index is -0.672. The predicted molar refractivity (Wildman–Crippen MR) is 108 cm³/mol. The molecule has 0 saturated carbocycles. The van der Waals surface area contributed by atoms with Crippen molar-refractivity contribution in [3.8, 4) is 0 Å². The van der Waals surface area contributed by atoms with Crippen molar-refractivity contribution in [2.45, 2.75) is 13.3 Å². The Kier molecular flexibility index (Phi) is 6.21. The van der Waals surface area contributed by atoms with Crippen LogP contribution < -0.4 is 10.2 Å². The highest BCUT2D eigenvalue weighted by atomic mass is 35.5. The molecule has 3 rings (SSSR count). The van der Waals surface area contributed by atoms with E-state index in [1.54, 1.807) is 30.3 Å². The summed E-state index contributed by atoms with van der Waals surface area (Å²) >= 11 is 12.2. The Labute approximate surface area is 172 Å². The van der Waals surface area contributed by atoms with Gasteiger partial charge in [-0.25, -0.2) is 0 Å². The second-order valence-electron chi connectivity index (χ2n) is 6.45. The maximum atomic E-state index is 12.3. The van der Waals surface area contributed by atoms with Gasteiger partial charge in [-0.05, 0) is 30.7 Å². The van der Waals surface area contributed by atoms with Gasteiger partial charge in [-0.2, -0.15) is 0 Å². The van der Waals surface area contributed by atoms with Crippen LogP contribution >= 0.6 is 23.2 Å². The van der Waals surface area contributed by atoms with Gasteiger partial charge in [0.05, 0.1) is 21.7 Å². The standard InChI is InChI=1S/C20H18Cl2N2O4/c1-12-5-2-3-7-15(12)23-17(25)11-28-20(27)13-9-18(26)24(10-13)16-8-4-6-14(21)19(16)22/h2-8,13H,9-11H2,1H3,(H,23,25)/t13-/m1/s1. The van der Waals surface area contributed by atoms with Crippen molar-refractivity contribution < 1.29 is 19.1 Å². The molecule has 2 amide bonds. The Hall–Kier alpha value is -2.57. The van der Waals surface area contributed by atoms with Gasteiger partial charge in [-0.3, -0.25) is 14.4 Å². The van der Waals surface area contributed by atoms with E-state index < -0.39 is 24.4 Å². The van der Waals surface area contributed by atoms with E-state index in [-0.39, 0.29) is 23.9 Å². The van der Waals surface area contributed by atoms with Crippen LogP contribution in [0, 0.1) is 12.8 Å². The van der Waals surface area contributed by atoms with Gasteiger partial charge in [0, 0.05) is 18.7 Å². The topological polar surface area (TPSA) is 75.7 Å². The van der Waals surface area contributed by atoms with Crippen LogP contribution in [-0.4, -0.2) is 30.9 Å². The molecule has 1 fully saturated rings. The number of carbonyl (C=O) groups excluding carboxylic acids is 3. The van der Waals surface area contributed by atoms with Crippen molar-refractivity contribution in [2.75, 3.05) is 23.4 Å². The molecular weight excluding hydrogens is 403 g/mol. The number of halogens is 2. The molecule has 0 bridgehead atoms. The number of hydrogen-bond acceptors (Lipinski definition) is 4. The minimum absolute atomic E-state index is 0.0128. The first-order valence-corrected chi connectivity index (χ1v) is 9.39. The highest BCUT2D eigenvalue weighted by Gasteiger charge is 2.37. The molecule has 1 aliphatic rings. The summed E-state index contributed by atoms with van der Waals surface area (Å²) in [5.41, 5.74) is 2.01. The smallest absolute Gasteiger partial charge is 0.311 e. The molecule has 0 aromatic heterocycles. The lowest BCUT2D eigenvalue weighted by atomic mass is 10.1. The third-order valence-electron chi connectivity index (χ3n) is 4.45. The van der Waals surface area contributed by atoms with Crippen LogP contribution in [0.5, 0.6) is 0 Å². The molecule has 1 N–H and O–H groups in total. The summed E-state index contributed by atoms with van der Waals surface area (Å²) in [5.74, 6) is -1.97.